The van der Waals surface area contributed by atoms with E-state index in [9.17, 15) is 5.11 Å². The molecule has 5 heteroatoms. The zero-order valence-corrected chi connectivity index (χ0v) is 13.5. The summed E-state index contributed by atoms with van der Waals surface area (Å²) in [7, 11) is 0. The van der Waals surface area contributed by atoms with Gasteiger partial charge in [-0.05, 0) is 26.7 Å². The minimum absolute atomic E-state index is 0.0579. The summed E-state index contributed by atoms with van der Waals surface area (Å²) in [5.41, 5.74) is -0.0579. The summed E-state index contributed by atoms with van der Waals surface area (Å²) < 4.78 is 0. The molecule has 0 atom stereocenters. The molecule has 0 saturated heterocycles. The van der Waals surface area contributed by atoms with Gasteiger partial charge in [0.15, 0.2) is 5.13 Å². The first-order valence-electron chi connectivity index (χ1n) is 7.78. The lowest BCUT2D eigenvalue weighted by molar-refractivity contribution is 0.120. The molecule has 0 amide bonds. The number of nitrogens with zero attached hydrogens (tertiary/aromatic N) is 2. The number of aliphatic hydroxyl groups excluding tert-OH is 1. The van der Waals surface area contributed by atoms with E-state index >= 15 is 0 Å². The maximum atomic E-state index is 9.71. The van der Waals surface area contributed by atoms with Gasteiger partial charge in [-0.25, -0.2) is 4.98 Å². The molecule has 0 aliphatic heterocycles. The van der Waals surface area contributed by atoms with E-state index in [2.05, 4.69) is 29.0 Å². The first kappa shape index (κ1) is 15.7. The molecule has 1 aromatic heterocycles. The fourth-order valence-corrected chi connectivity index (χ4v) is 3.89. The summed E-state index contributed by atoms with van der Waals surface area (Å²) >= 11 is 1.76. The van der Waals surface area contributed by atoms with E-state index in [1.807, 2.05) is 6.20 Å². The van der Waals surface area contributed by atoms with Crippen molar-refractivity contribution in [2.45, 2.75) is 58.0 Å². The number of thiazole rings is 1. The first-order chi connectivity index (χ1) is 9.73. The molecule has 1 heterocycles. The molecule has 114 valence electrons. The van der Waals surface area contributed by atoms with Gasteiger partial charge in [0.2, 0.25) is 0 Å². The predicted molar refractivity (Wildman–Crippen MR) is 85.4 cm³/mol. The second-order valence-corrected chi connectivity index (χ2v) is 6.73. The van der Waals surface area contributed by atoms with E-state index in [1.54, 1.807) is 11.3 Å². The Labute approximate surface area is 126 Å². The highest BCUT2D eigenvalue weighted by Gasteiger charge is 2.30. The highest BCUT2D eigenvalue weighted by Crippen LogP contribution is 2.29. The monoisotopic (exact) mass is 297 g/mol. The van der Waals surface area contributed by atoms with E-state index < -0.39 is 0 Å². The lowest BCUT2D eigenvalue weighted by atomic mass is 9.82. The van der Waals surface area contributed by atoms with Crippen molar-refractivity contribution in [3.63, 3.8) is 0 Å². The molecular formula is C15H27N3OS. The van der Waals surface area contributed by atoms with Crippen molar-refractivity contribution in [1.82, 2.24) is 10.3 Å². The number of aromatic nitrogens is 1. The minimum Gasteiger partial charge on any atom is -0.394 e. The largest absolute Gasteiger partial charge is 0.394 e. The van der Waals surface area contributed by atoms with Gasteiger partial charge in [-0.3, -0.25) is 0 Å². The van der Waals surface area contributed by atoms with Gasteiger partial charge in [0.1, 0.15) is 0 Å². The molecule has 20 heavy (non-hydrogen) atoms. The molecule has 0 aromatic carbocycles. The van der Waals surface area contributed by atoms with Crippen LogP contribution in [0.15, 0.2) is 6.20 Å². The van der Waals surface area contributed by atoms with Crippen LogP contribution in [0.25, 0.3) is 0 Å². The third-order valence-electron chi connectivity index (χ3n) is 4.33. The first-order valence-corrected chi connectivity index (χ1v) is 8.60. The van der Waals surface area contributed by atoms with E-state index in [0.29, 0.717) is 0 Å². The summed E-state index contributed by atoms with van der Waals surface area (Å²) in [5, 5.41) is 14.4. The number of rotatable bonds is 7. The average Bonchev–Trinajstić information content (AvgIpc) is 2.96. The van der Waals surface area contributed by atoms with Gasteiger partial charge in [0.05, 0.1) is 6.61 Å². The van der Waals surface area contributed by atoms with Crippen molar-refractivity contribution < 1.29 is 5.11 Å². The van der Waals surface area contributed by atoms with Gasteiger partial charge in [-0.15, -0.1) is 11.3 Å². The molecule has 0 radical (unpaired) electrons. The second kappa shape index (κ2) is 7.38. The average molecular weight is 297 g/mol. The van der Waals surface area contributed by atoms with Crippen molar-refractivity contribution in [3.8, 4) is 0 Å². The number of nitrogens with one attached hydrogen (secondary N) is 1. The Morgan fingerprint density at radius 3 is 2.60 bits per heavy atom. The Morgan fingerprint density at radius 2 is 2.00 bits per heavy atom. The van der Waals surface area contributed by atoms with Crippen LogP contribution in [0.1, 0.15) is 50.8 Å². The van der Waals surface area contributed by atoms with Gasteiger partial charge in [-0.1, -0.05) is 19.3 Å². The van der Waals surface area contributed by atoms with Crippen LogP contribution in [0.3, 0.4) is 0 Å². The molecular weight excluding hydrogens is 270 g/mol. The fourth-order valence-electron chi connectivity index (χ4n) is 2.91. The predicted octanol–water partition coefficient (Wildman–Crippen LogP) is 2.77. The Balaban J connectivity index is 1.93. The molecule has 1 aliphatic rings. The van der Waals surface area contributed by atoms with Crippen LogP contribution in [0.2, 0.25) is 0 Å². The molecule has 1 aromatic rings. The molecule has 1 fully saturated rings. The summed E-state index contributed by atoms with van der Waals surface area (Å²) in [6.07, 6.45) is 7.90. The fraction of sp³-hybridized carbons (Fsp3) is 0.800. The van der Waals surface area contributed by atoms with E-state index in [0.717, 1.165) is 37.6 Å². The van der Waals surface area contributed by atoms with Crippen LogP contribution in [0, 0.1) is 0 Å². The quantitative estimate of drug-likeness (QED) is 0.812. The number of aliphatic hydroxyl groups is 1. The van der Waals surface area contributed by atoms with Crippen LogP contribution in [0.5, 0.6) is 0 Å². The van der Waals surface area contributed by atoms with Gasteiger partial charge >= 0.3 is 0 Å². The molecule has 2 N–H and O–H groups in total. The smallest absolute Gasteiger partial charge is 0.185 e. The standard InChI is InChI=1S/C15H27N3OS/c1-3-18(4-2)14-16-10-13(20-14)11-17-15(12-19)8-6-5-7-9-15/h10,17,19H,3-9,11-12H2,1-2H3. The maximum absolute atomic E-state index is 9.71. The van der Waals surface area contributed by atoms with E-state index in [4.69, 9.17) is 0 Å². The number of anilines is 1. The highest BCUT2D eigenvalue weighted by atomic mass is 32.1. The highest BCUT2D eigenvalue weighted by molar-refractivity contribution is 7.15. The zero-order valence-electron chi connectivity index (χ0n) is 12.7. The van der Waals surface area contributed by atoms with Crippen LogP contribution in [-0.4, -0.2) is 35.3 Å². The Hall–Kier alpha value is -0.650. The van der Waals surface area contributed by atoms with E-state index in [1.165, 1.54) is 24.1 Å². The summed E-state index contributed by atoms with van der Waals surface area (Å²) in [6, 6.07) is 0. The van der Waals surface area contributed by atoms with Crippen molar-refractivity contribution in [1.29, 1.82) is 0 Å². The third kappa shape index (κ3) is 3.71. The van der Waals surface area contributed by atoms with Crippen molar-refractivity contribution in [3.05, 3.63) is 11.1 Å². The normalized spacial score (nSPS) is 18.1. The Kier molecular flexibility index (Phi) is 5.81. The molecule has 1 aliphatic carbocycles. The van der Waals surface area contributed by atoms with E-state index in [-0.39, 0.29) is 12.1 Å². The van der Waals surface area contributed by atoms with Gasteiger partial charge in [0.25, 0.3) is 0 Å². The number of hydrogen-bond donors (Lipinski definition) is 2. The Bertz CT molecular complexity index is 398. The lowest BCUT2D eigenvalue weighted by Gasteiger charge is -2.36. The van der Waals surface area contributed by atoms with Crippen molar-refractivity contribution >= 4 is 16.5 Å². The molecule has 4 nitrogen and oxygen atoms in total. The molecule has 1 saturated carbocycles. The van der Waals surface area contributed by atoms with Gasteiger partial charge in [0, 0.05) is 36.2 Å². The molecule has 0 bridgehead atoms. The van der Waals surface area contributed by atoms with Crippen molar-refractivity contribution in [2.24, 2.45) is 0 Å². The minimum atomic E-state index is -0.0579. The number of hydrogen-bond acceptors (Lipinski definition) is 5. The summed E-state index contributed by atoms with van der Waals surface area (Å²) in [6.45, 7) is 7.38. The van der Waals surface area contributed by atoms with Crippen LogP contribution < -0.4 is 10.2 Å². The topological polar surface area (TPSA) is 48.4 Å². The zero-order chi connectivity index (χ0) is 14.4. The summed E-state index contributed by atoms with van der Waals surface area (Å²) in [5.74, 6) is 0. The Morgan fingerprint density at radius 1 is 1.30 bits per heavy atom. The molecule has 0 spiro atoms. The second-order valence-electron chi connectivity index (χ2n) is 5.63. The van der Waals surface area contributed by atoms with Gasteiger partial charge < -0.3 is 15.3 Å². The maximum Gasteiger partial charge on any atom is 0.185 e. The summed E-state index contributed by atoms with van der Waals surface area (Å²) in [4.78, 5) is 8.04. The van der Waals surface area contributed by atoms with Crippen LogP contribution in [0.4, 0.5) is 5.13 Å². The third-order valence-corrected chi connectivity index (χ3v) is 5.38. The van der Waals surface area contributed by atoms with Crippen molar-refractivity contribution in [2.75, 3.05) is 24.6 Å². The lowest BCUT2D eigenvalue weighted by Crippen LogP contribution is -2.49. The van der Waals surface area contributed by atoms with Crippen LogP contribution in [-0.2, 0) is 6.54 Å². The van der Waals surface area contributed by atoms with Crippen LogP contribution >= 0.6 is 11.3 Å². The van der Waals surface area contributed by atoms with Gasteiger partial charge in [-0.2, -0.15) is 0 Å². The SMILES string of the molecule is CCN(CC)c1ncc(CNC2(CO)CCCCC2)s1. The molecule has 2 rings (SSSR count). The molecule has 0 unspecified atom stereocenters.